The first-order valence-corrected chi connectivity index (χ1v) is 7.50. The van der Waals surface area contributed by atoms with Gasteiger partial charge in [0.1, 0.15) is 0 Å². The van der Waals surface area contributed by atoms with Crippen LogP contribution in [0.25, 0.3) is 0 Å². The molecular weight excluding hydrogens is 260 g/mol. The van der Waals surface area contributed by atoms with Crippen molar-refractivity contribution in [2.45, 2.75) is 46.1 Å². The van der Waals surface area contributed by atoms with Crippen LogP contribution in [0.4, 0.5) is 0 Å². The molecule has 0 aliphatic heterocycles. The zero-order valence-corrected chi connectivity index (χ0v) is 13.0. The molecule has 1 rings (SSSR count). The van der Waals surface area contributed by atoms with Crippen LogP contribution >= 0.6 is 11.6 Å². The van der Waals surface area contributed by atoms with Crippen molar-refractivity contribution in [1.29, 1.82) is 0 Å². The third-order valence-electron chi connectivity index (χ3n) is 3.29. The van der Waals surface area contributed by atoms with Gasteiger partial charge in [-0.2, -0.15) is 0 Å². The standard InChI is InChI=1S/C15H25ClN2O/c1-4-6-7-12(5-2)11-19-15-8-13(9-17-3)14(16)10-18-15/h8,10,12,17H,4-7,9,11H2,1-3H3. The SMILES string of the molecule is CCCCC(CC)COc1cc(CNC)c(Cl)cn1. The Kier molecular flexibility index (Phi) is 7.84. The van der Waals surface area contributed by atoms with Gasteiger partial charge in [-0.25, -0.2) is 4.98 Å². The highest BCUT2D eigenvalue weighted by atomic mass is 35.5. The summed E-state index contributed by atoms with van der Waals surface area (Å²) >= 11 is 6.08. The quantitative estimate of drug-likeness (QED) is 0.743. The van der Waals surface area contributed by atoms with Crippen LogP contribution in [0, 0.1) is 5.92 Å². The smallest absolute Gasteiger partial charge is 0.213 e. The Balaban J connectivity index is 2.54. The molecule has 1 aromatic heterocycles. The summed E-state index contributed by atoms with van der Waals surface area (Å²) in [4.78, 5) is 4.23. The van der Waals surface area contributed by atoms with Gasteiger partial charge in [-0.05, 0) is 24.9 Å². The van der Waals surface area contributed by atoms with E-state index in [-0.39, 0.29) is 0 Å². The molecule has 0 spiro atoms. The molecule has 0 bridgehead atoms. The number of nitrogens with zero attached hydrogens (tertiary/aromatic N) is 1. The van der Waals surface area contributed by atoms with Crippen molar-refractivity contribution in [1.82, 2.24) is 10.3 Å². The van der Waals surface area contributed by atoms with E-state index in [0.29, 0.717) is 16.8 Å². The molecule has 0 amide bonds. The molecule has 3 nitrogen and oxygen atoms in total. The second-order valence-electron chi connectivity index (χ2n) is 4.87. The van der Waals surface area contributed by atoms with Crippen LogP contribution in [0.15, 0.2) is 12.3 Å². The van der Waals surface area contributed by atoms with Gasteiger partial charge in [0.15, 0.2) is 0 Å². The summed E-state index contributed by atoms with van der Waals surface area (Å²) in [5, 5.41) is 3.77. The van der Waals surface area contributed by atoms with E-state index in [1.165, 1.54) is 19.3 Å². The van der Waals surface area contributed by atoms with Crippen molar-refractivity contribution in [3.05, 3.63) is 22.8 Å². The topological polar surface area (TPSA) is 34.1 Å². The predicted octanol–water partition coefficient (Wildman–Crippen LogP) is 4.05. The fourth-order valence-electron chi connectivity index (χ4n) is 1.96. The number of nitrogens with one attached hydrogen (secondary N) is 1. The number of halogens is 1. The largest absolute Gasteiger partial charge is 0.477 e. The van der Waals surface area contributed by atoms with Gasteiger partial charge in [-0.15, -0.1) is 0 Å². The molecule has 1 heterocycles. The molecule has 0 aromatic carbocycles. The molecule has 1 N–H and O–H groups in total. The predicted molar refractivity (Wildman–Crippen MR) is 80.8 cm³/mol. The molecule has 4 heteroatoms. The lowest BCUT2D eigenvalue weighted by Gasteiger charge is -2.15. The van der Waals surface area contributed by atoms with Crippen LogP contribution in [0.3, 0.4) is 0 Å². The molecule has 0 aliphatic carbocycles. The number of hydrogen-bond donors (Lipinski definition) is 1. The average molecular weight is 285 g/mol. The fourth-order valence-corrected chi connectivity index (χ4v) is 2.13. The Morgan fingerprint density at radius 3 is 2.84 bits per heavy atom. The van der Waals surface area contributed by atoms with Crippen molar-refractivity contribution in [2.75, 3.05) is 13.7 Å². The number of hydrogen-bond acceptors (Lipinski definition) is 3. The van der Waals surface area contributed by atoms with Crippen LogP contribution in [-0.2, 0) is 6.54 Å². The monoisotopic (exact) mass is 284 g/mol. The molecule has 0 fully saturated rings. The van der Waals surface area contributed by atoms with Crippen molar-refractivity contribution in [3.63, 3.8) is 0 Å². The molecule has 0 saturated carbocycles. The number of rotatable bonds is 9. The third kappa shape index (κ3) is 5.79. The highest BCUT2D eigenvalue weighted by Gasteiger charge is 2.09. The Morgan fingerprint density at radius 1 is 1.42 bits per heavy atom. The van der Waals surface area contributed by atoms with Gasteiger partial charge in [0, 0.05) is 18.8 Å². The van der Waals surface area contributed by atoms with E-state index in [1.807, 2.05) is 13.1 Å². The summed E-state index contributed by atoms with van der Waals surface area (Å²) in [5.41, 5.74) is 1.02. The van der Waals surface area contributed by atoms with Crippen LogP contribution in [0.1, 0.15) is 45.1 Å². The zero-order valence-electron chi connectivity index (χ0n) is 12.2. The van der Waals surface area contributed by atoms with Crippen molar-refractivity contribution >= 4 is 11.6 Å². The Bertz CT molecular complexity index is 371. The first kappa shape index (κ1) is 16.3. The van der Waals surface area contributed by atoms with E-state index >= 15 is 0 Å². The van der Waals surface area contributed by atoms with Gasteiger partial charge in [-0.3, -0.25) is 0 Å². The minimum atomic E-state index is 0.616. The maximum Gasteiger partial charge on any atom is 0.213 e. The third-order valence-corrected chi connectivity index (χ3v) is 3.63. The van der Waals surface area contributed by atoms with E-state index in [2.05, 4.69) is 24.1 Å². The van der Waals surface area contributed by atoms with Gasteiger partial charge in [0.2, 0.25) is 5.88 Å². The first-order chi connectivity index (χ1) is 9.21. The second kappa shape index (κ2) is 9.16. The zero-order chi connectivity index (χ0) is 14.1. The minimum Gasteiger partial charge on any atom is -0.477 e. The molecule has 0 radical (unpaired) electrons. The molecule has 0 aliphatic rings. The number of ether oxygens (including phenoxy) is 1. The van der Waals surface area contributed by atoms with Crippen molar-refractivity contribution in [3.8, 4) is 5.88 Å². The highest BCUT2D eigenvalue weighted by Crippen LogP contribution is 2.20. The van der Waals surface area contributed by atoms with E-state index < -0.39 is 0 Å². The van der Waals surface area contributed by atoms with Gasteiger partial charge in [0.05, 0.1) is 11.6 Å². The lowest BCUT2D eigenvalue weighted by Crippen LogP contribution is -2.12. The summed E-state index contributed by atoms with van der Waals surface area (Å²) < 4.78 is 5.80. The molecule has 0 saturated heterocycles. The first-order valence-electron chi connectivity index (χ1n) is 7.13. The Hall–Kier alpha value is -0.800. The van der Waals surface area contributed by atoms with Gasteiger partial charge in [0.25, 0.3) is 0 Å². The van der Waals surface area contributed by atoms with Crippen LogP contribution < -0.4 is 10.1 Å². The lowest BCUT2D eigenvalue weighted by atomic mass is 10.0. The summed E-state index contributed by atoms with van der Waals surface area (Å²) in [5.74, 6) is 1.29. The number of pyridine rings is 1. The van der Waals surface area contributed by atoms with Crippen LogP contribution in [-0.4, -0.2) is 18.6 Å². The van der Waals surface area contributed by atoms with Crippen LogP contribution in [0.5, 0.6) is 5.88 Å². The maximum atomic E-state index is 6.08. The van der Waals surface area contributed by atoms with Crippen LogP contribution in [0.2, 0.25) is 5.02 Å². The Labute approximate surface area is 121 Å². The van der Waals surface area contributed by atoms with E-state index in [0.717, 1.165) is 25.1 Å². The van der Waals surface area contributed by atoms with E-state index in [1.54, 1.807) is 6.20 Å². The molecule has 1 aromatic rings. The van der Waals surface area contributed by atoms with Gasteiger partial charge in [-0.1, -0.05) is 44.7 Å². The van der Waals surface area contributed by atoms with Gasteiger partial charge < -0.3 is 10.1 Å². The highest BCUT2D eigenvalue weighted by molar-refractivity contribution is 6.31. The van der Waals surface area contributed by atoms with E-state index in [9.17, 15) is 0 Å². The van der Waals surface area contributed by atoms with Crippen molar-refractivity contribution < 1.29 is 4.74 Å². The molecule has 19 heavy (non-hydrogen) atoms. The van der Waals surface area contributed by atoms with E-state index in [4.69, 9.17) is 16.3 Å². The Morgan fingerprint density at radius 2 is 2.21 bits per heavy atom. The maximum absolute atomic E-state index is 6.08. The summed E-state index contributed by atoms with van der Waals surface area (Å²) in [6.07, 6.45) is 6.54. The number of unbranched alkanes of at least 4 members (excludes halogenated alkanes) is 1. The molecule has 1 unspecified atom stereocenters. The minimum absolute atomic E-state index is 0.616. The fraction of sp³-hybridized carbons (Fsp3) is 0.667. The summed E-state index contributed by atoms with van der Waals surface area (Å²) in [7, 11) is 1.90. The summed E-state index contributed by atoms with van der Waals surface area (Å²) in [6, 6.07) is 1.92. The summed E-state index contributed by atoms with van der Waals surface area (Å²) in [6.45, 7) is 5.90. The normalized spacial score (nSPS) is 12.4. The molecule has 1 atom stereocenters. The van der Waals surface area contributed by atoms with Crippen molar-refractivity contribution in [2.24, 2.45) is 5.92 Å². The molecule has 108 valence electrons. The number of aromatic nitrogens is 1. The average Bonchev–Trinajstić information content (AvgIpc) is 2.42. The van der Waals surface area contributed by atoms with Gasteiger partial charge >= 0.3 is 0 Å². The molecular formula is C15H25ClN2O. The second-order valence-corrected chi connectivity index (χ2v) is 5.28. The lowest BCUT2D eigenvalue weighted by molar-refractivity contribution is 0.225.